The van der Waals surface area contributed by atoms with Crippen LogP contribution >= 0.6 is 23.2 Å². The molecule has 2 aromatic carbocycles. The van der Waals surface area contributed by atoms with Crippen LogP contribution in [0.15, 0.2) is 36.4 Å². The van der Waals surface area contributed by atoms with Gasteiger partial charge in [-0.15, -0.1) is 0 Å². The number of nitrogens with one attached hydrogen (secondary N) is 1. The van der Waals surface area contributed by atoms with Crippen LogP contribution in [-0.4, -0.2) is 83.5 Å². The van der Waals surface area contributed by atoms with E-state index in [0.29, 0.717) is 23.1 Å². The minimum absolute atomic E-state index is 0.0809. The number of carboxylic acids is 2. The van der Waals surface area contributed by atoms with Gasteiger partial charge < -0.3 is 30.3 Å². The SMILES string of the molecule is O=C(O)CC(O)C(=O)O.O=C1CCc2ccc(OCCCCN3CCN(c4cccc(Cl)c4Cl)CC3)cc2N1. The van der Waals surface area contributed by atoms with Crippen LogP contribution in [0.2, 0.25) is 10.0 Å². The van der Waals surface area contributed by atoms with Crippen LogP contribution in [0.4, 0.5) is 11.4 Å². The highest BCUT2D eigenvalue weighted by molar-refractivity contribution is 6.43. The largest absolute Gasteiger partial charge is 0.494 e. The number of halogens is 2. The zero-order chi connectivity index (χ0) is 28.4. The summed E-state index contributed by atoms with van der Waals surface area (Å²) in [6.45, 7) is 5.71. The molecular formula is C27H33Cl2N3O7. The Labute approximate surface area is 237 Å². The van der Waals surface area contributed by atoms with E-state index in [-0.39, 0.29) is 5.91 Å². The van der Waals surface area contributed by atoms with E-state index < -0.39 is 24.5 Å². The Balaban J connectivity index is 0.000000403. The smallest absolute Gasteiger partial charge is 0.333 e. The number of carboxylic acid groups (broad SMARTS) is 2. The molecular weight excluding hydrogens is 549 g/mol. The minimum Gasteiger partial charge on any atom is -0.494 e. The topological polar surface area (TPSA) is 140 Å². The van der Waals surface area contributed by atoms with E-state index in [2.05, 4.69) is 21.2 Å². The summed E-state index contributed by atoms with van der Waals surface area (Å²) in [5.41, 5.74) is 3.10. The molecule has 1 fully saturated rings. The number of nitrogens with zero attached hydrogens (tertiary/aromatic N) is 2. The second-order valence-corrected chi connectivity index (χ2v) is 10.1. The van der Waals surface area contributed by atoms with E-state index in [9.17, 15) is 14.4 Å². The predicted octanol–water partition coefficient (Wildman–Crippen LogP) is 3.77. The zero-order valence-corrected chi connectivity index (χ0v) is 23.0. The summed E-state index contributed by atoms with van der Waals surface area (Å²) in [7, 11) is 0. The third-order valence-corrected chi connectivity index (χ3v) is 7.22. The van der Waals surface area contributed by atoms with E-state index >= 15 is 0 Å². The van der Waals surface area contributed by atoms with E-state index in [1.54, 1.807) is 0 Å². The lowest BCUT2D eigenvalue weighted by Crippen LogP contribution is -2.46. The first-order valence-corrected chi connectivity index (χ1v) is 13.5. The van der Waals surface area contributed by atoms with E-state index in [4.69, 9.17) is 43.3 Å². The summed E-state index contributed by atoms with van der Waals surface area (Å²) >= 11 is 12.5. The lowest BCUT2D eigenvalue weighted by Gasteiger charge is -2.36. The summed E-state index contributed by atoms with van der Waals surface area (Å²) in [5, 5.41) is 28.3. The van der Waals surface area contributed by atoms with Crippen LogP contribution < -0.4 is 15.0 Å². The summed E-state index contributed by atoms with van der Waals surface area (Å²) in [5.74, 6) is -1.94. The van der Waals surface area contributed by atoms with Gasteiger partial charge in [0.2, 0.25) is 5.91 Å². The second-order valence-electron chi connectivity index (χ2n) is 9.28. The van der Waals surface area contributed by atoms with Crippen molar-refractivity contribution in [1.29, 1.82) is 0 Å². The van der Waals surface area contributed by atoms with Gasteiger partial charge in [0.25, 0.3) is 0 Å². The molecule has 2 aliphatic rings. The fraction of sp³-hybridized carbons (Fsp3) is 0.444. The number of aliphatic hydroxyl groups excluding tert-OH is 1. The Kier molecular flexibility index (Phi) is 11.7. The van der Waals surface area contributed by atoms with Crippen molar-refractivity contribution >= 4 is 52.4 Å². The third kappa shape index (κ3) is 9.58. The number of rotatable bonds is 10. The average Bonchev–Trinajstić information content (AvgIpc) is 2.90. The molecule has 12 heteroatoms. The molecule has 2 aromatic rings. The Morgan fingerprint density at radius 2 is 1.77 bits per heavy atom. The van der Waals surface area contributed by atoms with Crippen LogP contribution in [0, 0.1) is 0 Å². The van der Waals surface area contributed by atoms with Crippen molar-refractivity contribution in [3.05, 3.63) is 52.0 Å². The fourth-order valence-corrected chi connectivity index (χ4v) is 4.68. The van der Waals surface area contributed by atoms with E-state index in [0.717, 1.165) is 69.1 Å². The highest BCUT2D eigenvalue weighted by Crippen LogP contribution is 2.33. The van der Waals surface area contributed by atoms with Crippen molar-refractivity contribution in [2.75, 3.05) is 49.5 Å². The Morgan fingerprint density at radius 1 is 1.03 bits per heavy atom. The van der Waals surface area contributed by atoms with Gasteiger partial charge in [-0.25, -0.2) is 4.79 Å². The highest BCUT2D eigenvalue weighted by Gasteiger charge is 2.20. The molecule has 0 bridgehead atoms. The number of aliphatic hydroxyl groups is 1. The molecule has 39 heavy (non-hydrogen) atoms. The van der Waals surface area contributed by atoms with Gasteiger partial charge in [0.15, 0.2) is 6.10 Å². The second kappa shape index (κ2) is 14.9. The van der Waals surface area contributed by atoms with Gasteiger partial charge in [-0.3, -0.25) is 14.5 Å². The van der Waals surface area contributed by atoms with Crippen LogP contribution in [0.3, 0.4) is 0 Å². The number of benzene rings is 2. The number of aliphatic carboxylic acids is 2. The molecule has 0 aliphatic carbocycles. The fourth-order valence-electron chi connectivity index (χ4n) is 4.27. The van der Waals surface area contributed by atoms with Gasteiger partial charge in [0.1, 0.15) is 5.75 Å². The summed E-state index contributed by atoms with van der Waals surface area (Å²) in [4.78, 5) is 35.8. The van der Waals surface area contributed by atoms with Gasteiger partial charge in [0, 0.05) is 44.4 Å². The number of hydrogen-bond donors (Lipinski definition) is 4. The van der Waals surface area contributed by atoms with Crippen LogP contribution in [0.1, 0.15) is 31.2 Å². The van der Waals surface area contributed by atoms with Crippen LogP contribution in [0.5, 0.6) is 5.75 Å². The molecule has 4 rings (SSSR count). The van der Waals surface area contributed by atoms with Crippen molar-refractivity contribution < 1.29 is 34.4 Å². The molecule has 0 radical (unpaired) electrons. The molecule has 2 aliphatic heterocycles. The van der Waals surface area contributed by atoms with Crippen LogP contribution in [0.25, 0.3) is 0 Å². The maximum absolute atomic E-state index is 11.5. The number of ether oxygens (including phenoxy) is 1. The predicted molar refractivity (Wildman–Crippen MR) is 149 cm³/mol. The van der Waals surface area contributed by atoms with Gasteiger partial charge >= 0.3 is 11.9 Å². The number of aryl methyl sites for hydroxylation is 1. The molecule has 1 atom stereocenters. The lowest BCUT2D eigenvalue weighted by atomic mass is 10.0. The van der Waals surface area contributed by atoms with Crippen molar-refractivity contribution in [1.82, 2.24) is 4.90 Å². The zero-order valence-electron chi connectivity index (χ0n) is 21.4. The summed E-state index contributed by atoms with van der Waals surface area (Å²) in [6.07, 6.45) is 0.923. The number of amides is 1. The Morgan fingerprint density at radius 3 is 2.44 bits per heavy atom. The van der Waals surface area contributed by atoms with Crippen LogP contribution in [-0.2, 0) is 20.8 Å². The maximum Gasteiger partial charge on any atom is 0.333 e. The van der Waals surface area contributed by atoms with Gasteiger partial charge in [0.05, 0.1) is 28.8 Å². The number of hydrogen-bond acceptors (Lipinski definition) is 7. The van der Waals surface area contributed by atoms with Crippen molar-refractivity contribution in [3.8, 4) is 5.75 Å². The molecule has 0 saturated carbocycles. The first-order valence-electron chi connectivity index (χ1n) is 12.7. The molecule has 1 unspecified atom stereocenters. The molecule has 0 aromatic heterocycles. The number of fused-ring (bicyclic) bond motifs is 1. The van der Waals surface area contributed by atoms with Gasteiger partial charge in [-0.05, 0) is 49.6 Å². The highest BCUT2D eigenvalue weighted by atomic mass is 35.5. The molecule has 0 spiro atoms. The number of unbranched alkanes of at least 4 members (excludes halogenated alkanes) is 1. The first-order chi connectivity index (χ1) is 18.6. The van der Waals surface area contributed by atoms with Crippen molar-refractivity contribution in [3.63, 3.8) is 0 Å². The summed E-state index contributed by atoms with van der Waals surface area (Å²) in [6, 6.07) is 11.8. The standard InChI is InChI=1S/C23H27Cl2N3O2.C4H6O5/c24-19-4-3-5-21(23(19)25)28-13-11-27(12-14-28)10-1-2-15-30-18-8-6-17-7-9-22(29)26-20(17)16-18;5-2(4(8)9)1-3(6)7/h3-6,8,16H,1-2,7,9-15H2,(H,26,29);2,5H,1H2,(H,6,7)(H,8,9). The molecule has 10 nitrogen and oxygen atoms in total. The monoisotopic (exact) mass is 581 g/mol. The minimum atomic E-state index is -1.79. The molecule has 1 saturated heterocycles. The maximum atomic E-state index is 11.5. The van der Waals surface area contributed by atoms with Crippen molar-refractivity contribution in [2.24, 2.45) is 0 Å². The molecule has 4 N–H and O–H groups in total. The van der Waals surface area contributed by atoms with E-state index in [1.165, 1.54) is 5.56 Å². The Bertz CT molecular complexity index is 1160. The number of carbonyl (C=O) groups excluding carboxylic acids is 1. The van der Waals surface area contributed by atoms with Crippen molar-refractivity contribution in [2.45, 2.75) is 38.2 Å². The number of carbonyl (C=O) groups is 3. The molecule has 212 valence electrons. The average molecular weight is 582 g/mol. The van der Waals surface area contributed by atoms with E-state index in [1.807, 2.05) is 30.3 Å². The number of anilines is 2. The quantitative estimate of drug-likeness (QED) is 0.308. The third-order valence-electron chi connectivity index (χ3n) is 6.41. The number of piperazine rings is 1. The molecule has 2 heterocycles. The summed E-state index contributed by atoms with van der Waals surface area (Å²) < 4.78 is 5.89. The normalized spacial score (nSPS) is 15.9. The Hall–Kier alpha value is -3.05. The van der Waals surface area contributed by atoms with Gasteiger partial charge in [-0.2, -0.15) is 0 Å². The van der Waals surface area contributed by atoms with Gasteiger partial charge in [-0.1, -0.05) is 35.3 Å². The molecule has 1 amide bonds. The lowest BCUT2D eigenvalue weighted by molar-refractivity contribution is -0.152. The first kappa shape index (κ1) is 30.5.